The normalized spacial score (nSPS) is 10.4. The van der Waals surface area contributed by atoms with E-state index >= 15 is 0 Å². The molecular weight excluding hydrogens is 220 g/mol. The second-order valence-electron chi connectivity index (χ2n) is 4.09. The predicted octanol–water partition coefficient (Wildman–Crippen LogP) is -1.14. The number of hydrogen-bond donors (Lipinski definition) is 2. The van der Waals surface area contributed by atoms with E-state index in [0.29, 0.717) is 26.2 Å². The molecular formula is C11H24N4O2. The van der Waals surface area contributed by atoms with Crippen LogP contribution in [0.4, 0.5) is 0 Å². The van der Waals surface area contributed by atoms with Crippen molar-refractivity contribution in [2.45, 2.75) is 13.3 Å². The molecule has 0 unspecified atom stereocenters. The van der Waals surface area contributed by atoms with Gasteiger partial charge in [0.2, 0.25) is 0 Å². The Balaban J connectivity index is 4.06. The molecule has 0 saturated heterocycles. The Morgan fingerprint density at radius 3 is 2.35 bits per heavy atom. The van der Waals surface area contributed by atoms with Crippen molar-refractivity contribution in [1.29, 1.82) is 0 Å². The molecule has 0 fully saturated rings. The number of nitrogens with one attached hydrogen (secondary N) is 1. The van der Waals surface area contributed by atoms with Crippen molar-refractivity contribution in [3.8, 4) is 0 Å². The monoisotopic (exact) mass is 244 g/mol. The summed E-state index contributed by atoms with van der Waals surface area (Å²) in [6.07, 6.45) is 0.858. The molecule has 0 aliphatic carbocycles. The molecule has 3 N–H and O–H groups in total. The zero-order valence-electron chi connectivity index (χ0n) is 11.0. The molecule has 100 valence electrons. The van der Waals surface area contributed by atoms with E-state index in [4.69, 9.17) is 5.73 Å². The molecule has 0 aromatic rings. The Morgan fingerprint density at radius 1 is 1.24 bits per heavy atom. The number of rotatable bonds is 7. The molecule has 0 aliphatic rings. The van der Waals surface area contributed by atoms with Crippen LogP contribution in [0.1, 0.15) is 13.3 Å². The van der Waals surface area contributed by atoms with Crippen molar-refractivity contribution < 1.29 is 9.59 Å². The molecule has 6 heteroatoms. The lowest BCUT2D eigenvalue weighted by Crippen LogP contribution is -2.44. The fourth-order valence-electron chi connectivity index (χ4n) is 1.39. The van der Waals surface area contributed by atoms with Crippen LogP contribution < -0.4 is 11.1 Å². The molecule has 0 atom stereocenters. The third kappa shape index (κ3) is 6.91. The maximum absolute atomic E-state index is 11.7. The fourth-order valence-corrected chi connectivity index (χ4v) is 1.39. The summed E-state index contributed by atoms with van der Waals surface area (Å²) in [4.78, 5) is 26.7. The quantitative estimate of drug-likeness (QED) is 0.555. The molecule has 0 heterocycles. The SMILES string of the molecule is CCN(CCCN(C)C)C(=O)C(=O)NCCN. The third-order valence-corrected chi connectivity index (χ3v) is 2.33. The number of nitrogens with two attached hydrogens (primary N) is 1. The van der Waals surface area contributed by atoms with Crippen LogP contribution in [-0.4, -0.2) is 68.4 Å². The lowest BCUT2D eigenvalue weighted by molar-refractivity contribution is -0.145. The molecule has 0 spiro atoms. The van der Waals surface area contributed by atoms with Crippen LogP contribution in [0.15, 0.2) is 0 Å². The highest BCUT2D eigenvalue weighted by atomic mass is 16.2. The number of hydrogen-bond acceptors (Lipinski definition) is 4. The van der Waals surface area contributed by atoms with E-state index < -0.39 is 11.8 Å². The molecule has 0 rings (SSSR count). The Bertz CT molecular complexity index is 244. The zero-order valence-corrected chi connectivity index (χ0v) is 11.0. The minimum atomic E-state index is -0.567. The minimum Gasteiger partial charge on any atom is -0.347 e. The van der Waals surface area contributed by atoms with Gasteiger partial charge in [-0.1, -0.05) is 0 Å². The highest BCUT2D eigenvalue weighted by molar-refractivity contribution is 6.34. The Hall–Kier alpha value is -1.14. The molecule has 0 saturated carbocycles. The van der Waals surface area contributed by atoms with Crippen molar-refractivity contribution in [3.05, 3.63) is 0 Å². The van der Waals surface area contributed by atoms with Crippen molar-refractivity contribution in [3.63, 3.8) is 0 Å². The van der Waals surface area contributed by atoms with Crippen molar-refractivity contribution >= 4 is 11.8 Å². The summed E-state index contributed by atoms with van der Waals surface area (Å²) in [5.41, 5.74) is 5.25. The smallest absolute Gasteiger partial charge is 0.311 e. The van der Waals surface area contributed by atoms with Gasteiger partial charge in [-0.2, -0.15) is 0 Å². The predicted molar refractivity (Wildman–Crippen MR) is 67.5 cm³/mol. The van der Waals surface area contributed by atoms with E-state index in [1.165, 1.54) is 0 Å². The van der Waals surface area contributed by atoms with Gasteiger partial charge in [-0.15, -0.1) is 0 Å². The average molecular weight is 244 g/mol. The van der Waals surface area contributed by atoms with E-state index in [-0.39, 0.29) is 0 Å². The van der Waals surface area contributed by atoms with E-state index in [1.54, 1.807) is 4.90 Å². The molecule has 0 radical (unpaired) electrons. The molecule has 0 aliphatic heterocycles. The van der Waals surface area contributed by atoms with Crippen molar-refractivity contribution in [1.82, 2.24) is 15.1 Å². The van der Waals surface area contributed by atoms with Crippen LogP contribution in [0.2, 0.25) is 0 Å². The van der Waals surface area contributed by atoms with E-state index in [2.05, 4.69) is 5.32 Å². The summed E-state index contributed by atoms with van der Waals surface area (Å²) >= 11 is 0. The van der Waals surface area contributed by atoms with E-state index in [0.717, 1.165) is 13.0 Å². The van der Waals surface area contributed by atoms with Crippen molar-refractivity contribution in [2.75, 3.05) is 46.8 Å². The maximum atomic E-state index is 11.7. The lowest BCUT2D eigenvalue weighted by atomic mass is 10.3. The van der Waals surface area contributed by atoms with Gasteiger partial charge in [0.15, 0.2) is 0 Å². The molecule has 0 aromatic carbocycles. The number of amides is 2. The maximum Gasteiger partial charge on any atom is 0.311 e. The third-order valence-electron chi connectivity index (χ3n) is 2.33. The van der Waals surface area contributed by atoms with Gasteiger partial charge in [-0.25, -0.2) is 0 Å². The number of likely N-dealkylation sites (N-methyl/N-ethyl adjacent to an activating group) is 1. The number of carbonyl (C=O) groups is 2. The highest BCUT2D eigenvalue weighted by Gasteiger charge is 2.19. The van der Waals surface area contributed by atoms with E-state index in [1.807, 2.05) is 25.9 Å². The first-order valence-electron chi connectivity index (χ1n) is 5.94. The molecule has 6 nitrogen and oxygen atoms in total. The summed E-state index contributed by atoms with van der Waals surface area (Å²) in [6, 6.07) is 0. The standard InChI is InChI=1S/C11H24N4O2/c1-4-15(9-5-8-14(2)3)11(17)10(16)13-7-6-12/h4-9,12H2,1-3H3,(H,13,16). The first kappa shape index (κ1) is 15.9. The van der Waals surface area contributed by atoms with Gasteiger partial charge in [0, 0.05) is 26.2 Å². The van der Waals surface area contributed by atoms with Crippen LogP contribution in [-0.2, 0) is 9.59 Å². The van der Waals surface area contributed by atoms with Crippen molar-refractivity contribution in [2.24, 2.45) is 5.73 Å². The summed E-state index contributed by atoms with van der Waals surface area (Å²) in [7, 11) is 3.96. The van der Waals surface area contributed by atoms with Gasteiger partial charge < -0.3 is 20.9 Å². The Labute approximate surface area is 103 Å². The van der Waals surface area contributed by atoms with Crippen LogP contribution in [0.5, 0.6) is 0 Å². The number of carbonyl (C=O) groups excluding carboxylic acids is 2. The van der Waals surface area contributed by atoms with Gasteiger partial charge in [-0.3, -0.25) is 9.59 Å². The van der Waals surface area contributed by atoms with Crippen LogP contribution in [0.25, 0.3) is 0 Å². The van der Waals surface area contributed by atoms with Gasteiger partial charge >= 0.3 is 11.8 Å². The van der Waals surface area contributed by atoms with Gasteiger partial charge in [-0.05, 0) is 34.0 Å². The second kappa shape index (κ2) is 8.95. The molecule has 17 heavy (non-hydrogen) atoms. The minimum absolute atomic E-state index is 0.333. The van der Waals surface area contributed by atoms with Crippen LogP contribution >= 0.6 is 0 Å². The topological polar surface area (TPSA) is 78.7 Å². The fraction of sp³-hybridized carbons (Fsp3) is 0.818. The Kier molecular flexibility index (Phi) is 8.35. The molecule has 0 bridgehead atoms. The summed E-state index contributed by atoms with van der Waals surface area (Å²) in [5.74, 6) is -1.04. The Morgan fingerprint density at radius 2 is 1.88 bits per heavy atom. The lowest BCUT2D eigenvalue weighted by Gasteiger charge is -2.21. The largest absolute Gasteiger partial charge is 0.347 e. The summed E-state index contributed by atoms with van der Waals surface area (Å²) < 4.78 is 0. The second-order valence-corrected chi connectivity index (χ2v) is 4.09. The summed E-state index contributed by atoms with van der Waals surface area (Å²) in [5, 5.41) is 2.48. The van der Waals surface area contributed by atoms with Crippen LogP contribution in [0, 0.1) is 0 Å². The van der Waals surface area contributed by atoms with Gasteiger partial charge in [0.05, 0.1) is 0 Å². The summed E-state index contributed by atoms with van der Waals surface area (Å²) in [6.45, 7) is 4.58. The van der Waals surface area contributed by atoms with Crippen LogP contribution in [0.3, 0.4) is 0 Å². The van der Waals surface area contributed by atoms with Gasteiger partial charge in [0.1, 0.15) is 0 Å². The first-order chi connectivity index (χ1) is 8.02. The van der Waals surface area contributed by atoms with E-state index in [9.17, 15) is 9.59 Å². The highest BCUT2D eigenvalue weighted by Crippen LogP contribution is 1.94. The van der Waals surface area contributed by atoms with Gasteiger partial charge in [0.25, 0.3) is 0 Å². The first-order valence-corrected chi connectivity index (χ1v) is 5.94. The average Bonchev–Trinajstić information content (AvgIpc) is 2.30. The molecule has 2 amide bonds. The molecule has 0 aromatic heterocycles. The zero-order chi connectivity index (χ0) is 13.3. The number of nitrogens with zero attached hydrogens (tertiary/aromatic N) is 2.